The van der Waals surface area contributed by atoms with Crippen LogP contribution in [-0.2, 0) is 9.59 Å². The molecule has 0 aliphatic rings. The molecule has 0 spiro atoms. The summed E-state index contributed by atoms with van der Waals surface area (Å²) in [5, 5.41) is 3.47. The van der Waals surface area contributed by atoms with E-state index in [0.717, 1.165) is 5.69 Å². The lowest BCUT2D eigenvalue weighted by Gasteiger charge is -2.08. The van der Waals surface area contributed by atoms with Crippen molar-refractivity contribution >= 4 is 29.1 Å². The fourth-order valence-corrected chi connectivity index (χ4v) is 1.24. The van der Waals surface area contributed by atoms with Gasteiger partial charge in [-0.2, -0.15) is 0 Å². The molecule has 17 heavy (non-hydrogen) atoms. The van der Waals surface area contributed by atoms with Crippen LogP contribution in [-0.4, -0.2) is 18.4 Å². The Bertz CT molecular complexity index is 409. The van der Waals surface area contributed by atoms with E-state index in [4.69, 9.17) is 11.6 Å². The van der Waals surface area contributed by atoms with Crippen LogP contribution in [0.15, 0.2) is 24.3 Å². The van der Waals surface area contributed by atoms with Crippen molar-refractivity contribution in [2.75, 3.05) is 11.9 Å². The highest BCUT2D eigenvalue weighted by Crippen LogP contribution is 2.14. The van der Waals surface area contributed by atoms with Crippen molar-refractivity contribution in [1.82, 2.24) is 10.9 Å². The molecule has 1 rings (SSSR count). The average Bonchev–Trinajstić information content (AvgIpc) is 2.33. The molecule has 0 atom stereocenters. The minimum Gasteiger partial charge on any atom is -0.376 e. The monoisotopic (exact) mass is 255 g/mol. The Labute approximate surface area is 105 Å². The number of halogens is 1. The van der Waals surface area contributed by atoms with Gasteiger partial charge in [-0.1, -0.05) is 24.6 Å². The summed E-state index contributed by atoms with van der Waals surface area (Å²) >= 11 is 5.78. The normalized spacial score (nSPS) is 9.53. The van der Waals surface area contributed by atoms with E-state index in [-0.39, 0.29) is 18.4 Å². The number of amides is 2. The second-order valence-electron chi connectivity index (χ2n) is 3.31. The summed E-state index contributed by atoms with van der Waals surface area (Å²) in [4.78, 5) is 22.2. The molecule has 6 heteroatoms. The number of hydrogen-bond donors (Lipinski definition) is 3. The molecule has 1 aromatic carbocycles. The van der Waals surface area contributed by atoms with Gasteiger partial charge in [0.05, 0.1) is 6.54 Å². The summed E-state index contributed by atoms with van der Waals surface area (Å²) in [7, 11) is 0. The lowest BCUT2D eigenvalue weighted by molar-refractivity contribution is -0.127. The van der Waals surface area contributed by atoms with Gasteiger partial charge < -0.3 is 5.32 Å². The quantitative estimate of drug-likeness (QED) is 0.711. The summed E-state index contributed by atoms with van der Waals surface area (Å²) in [6, 6.07) is 7.03. The van der Waals surface area contributed by atoms with Crippen LogP contribution in [0.4, 0.5) is 5.69 Å². The molecular weight excluding hydrogens is 242 g/mol. The Morgan fingerprint density at radius 3 is 2.59 bits per heavy atom. The minimum atomic E-state index is -0.327. The summed E-state index contributed by atoms with van der Waals surface area (Å²) in [6.45, 7) is 1.76. The summed E-state index contributed by atoms with van der Waals surface area (Å²) in [5.74, 6) is -0.562. The molecule has 3 N–H and O–H groups in total. The van der Waals surface area contributed by atoms with Gasteiger partial charge in [0, 0.05) is 17.1 Å². The molecule has 0 saturated carbocycles. The number of hydrazine groups is 1. The Hall–Kier alpha value is -1.75. The van der Waals surface area contributed by atoms with Crippen molar-refractivity contribution in [3.05, 3.63) is 29.3 Å². The fraction of sp³-hybridized carbons (Fsp3) is 0.273. The number of carbonyl (C=O) groups is 2. The van der Waals surface area contributed by atoms with E-state index in [1.165, 1.54) is 0 Å². The Balaban J connectivity index is 2.31. The molecule has 0 radical (unpaired) electrons. The number of rotatable bonds is 4. The first-order chi connectivity index (χ1) is 8.11. The summed E-state index contributed by atoms with van der Waals surface area (Å²) in [6.07, 6.45) is 0.321. The van der Waals surface area contributed by atoms with Crippen molar-refractivity contribution in [3.63, 3.8) is 0 Å². The van der Waals surface area contributed by atoms with E-state index < -0.39 is 0 Å². The number of nitrogens with one attached hydrogen (secondary N) is 3. The lowest BCUT2D eigenvalue weighted by atomic mass is 10.3. The Morgan fingerprint density at radius 1 is 1.24 bits per heavy atom. The molecular formula is C11H14ClN3O2. The predicted octanol–water partition coefficient (Wildman–Crippen LogP) is 1.31. The minimum absolute atomic E-state index is 0.0599. The highest BCUT2D eigenvalue weighted by atomic mass is 35.5. The molecule has 0 unspecified atom stereocenters. The zero-order valence-corrected chi connectivity index (χ0v) is 10.2. The van der Waals surface area contributed by atoms with Gasteiger partial charge in [-0.25, -0.2) is 0 Å². The van der Waals surface area contributed by atoms with Crippen molar-refractivity contribution in [2.45, 2.75) is 13.3 Å². The molecule has 5 nitrogen and oxygen atoms in total. The van der Waals surface area contributed by atoms with Crippen LogP contribution in [0.3, 0.4) is 0 Å². The van der Waals surface area contributed by atoms with E-state index in [1.807, 2.05) is 0 Å². The first-order valence-electron chi connectivity index (χ1n) is 5.19. The molecule has 0 fully saturated rings. The molecule has 0 aliphatic heterocycles. The predicted molar refractivity (Wildman–Crippen MR) is 66.5 cm³/mol. The Morgan fingerprint density at radius 2 is 1.94 bits per heavy atom. The van der Waals surface area contributed by atoms with Gasteiger partial charge >= 0.3 is 0 Å². The highest BCUT2D eigenvalue weighted by Gasteiger charge is 2.02. The molecule has 0 saturated heterocycles. The third-order valence-corrected chi connectivity index (χ3v) is 2.18. The van der Waals surface area contributed by atoms with Gasteiger partial charge in [0.1, 0.15) is 0 Å². The van der Waals surface area contributed by atoms with Crippen LogP contribution in [0.5, 0.6) is 0 Å². The molecule has 0 heterocycles. The van der Waals surface area contributed by atoms with Gasteiger partial charge in [-0.05, 0) is 18.2 Å². The maximum absolute atomic E-state index is 11.3. The molecule has 1 aromatic rings. The summed E-state index contributed by atoms with van der Waals surface area (Å²) < 4.78 is 0. The van der Waals surface area contributed by atoms with Crippen LogP contribution in [0.25, 0.3) is 0 Å². The lowest BCUT2D eigenvalue weighted by Crippen LogP contribution is -2.43. The largest absolute Gasteiger partial charge is 0.376 e. The van der Waals surface area contributed by atoms with Crippen LogP contribution in [0.1, 0.15) is 13.3 Å². The van der Waals surface area contributed by atoms with Crippen LogP contribution >= 0.6 is 11.6 Å². The van der Waals surface area contributed by atoms with E-state index >= 15 is 0 Å². The van der Waals surface area contributed by atoms with E-state index in [0.29, 0.717) is 11.4 Å². The number of carbonyl (C=O) groups excluding carboxylic acids is 2. The van der Waals surface area contributed by atoms with Crippen molar-refractivity contribution in [1.29, 1.82) is 0 Å². The van der Waals surface area contributed by atoms with Crippen LogP contribution in [0.2, 0.25) is 5.02 Å². The maximum atomic E-state index is 11.3. The smallest absolute Gasteiger partial charge is 0.257 e. The zero-order chi connectivity index (χ0) is 12.7. The standard InChI is InChI=1S/C11H14ClN3O2/c1-2-10(16)14-15-11(17)7-13-9-5-3-4-8(12)6-9/h3-6,13H,2,7H2,1H3,(H,14,16)(H,15,17). The number of benzene rings is 1. The van der Waals surface area contributed by atoms with Gasteiger partial charge in [-0.15, -0.1) is 0 Å². The second-order valence-corrected chi connectivity index (χ2v) is 3.75. The van der Waals surface area contributed by atoms with Gasteiger partial charge in [0.2, 0.25) is 5.91 Å². The van der Waals surface area contributed by atoms with Gasteiger partial charge in [0.15, 0.2) is 0 Å². The van der Waals surface area contributed by atoms with E-state index in [9.17, 15) is 9.59 Å². The fourth-order valence-electron chi connectivity index (χ4n) is 1.05. The third kappa shape index (κ3) is 5.21. The van der Waals surface area contributed by atoms with Crippen molar-refractivity contribution in [2.24, 2.45) is 0 Å². The van der Waals surface area contributed by atoms with Crippen LogP contribution in [0, 0.1) is 0 Å². The van der Waals surface area contributed by atoms with Crippen molar-refractivity contribution in [3.8, 4) is 0 Å². The SMILES string of the molecule is CCC(=O)NNC(=O)CNc1cccc(Cl)c1. The van der Waals surface area contributed by atoms with E-state index in [1.54, 1.807) is 31.2 Å². The summed E-state index contributed by atoms with van der Waals surface area (Å²) in [5.41, 5.74) is 5.30. The van der Waals surface area contributed by atoms with E-state index in [2.05, 4.69) is 16.2 Å². The van der Waals surface area contributed by atoms with Crippen LogP contribution < -0.4 is 16.2 Å². The highest BCUT2D eigenvalue weighted by molar-refractivity contribution is 6.30. The zero-order valence-electron chi connectivity index (χ0n) is 9.42. The number of anilines is 1. The first kappa shape index (κ1) is 13.3. The van der Waals surface area contributed by atoms with Gasteiger partial charge in [0.25, 0.3) is 5.91 Å². The Kier molecular flexibility index (Phi) is 5.29. The van der Waals surface area contributed by atoms with Crippen molar-refractivity contribution < 1.29 is 9.59 Å². The first-order valence-corrected chi connectivity index (χ1v) is 5.56. The maximum Gasteiger partial charge on any atom is 0.257 e. The molecule has 0 aromatic heterocycles. The second kappa shape index (κ2) is 6.75. The molecule has 92 valence electrons. The van der Waals surface area contributed by atoms with Gasteiger partial charge in [-0.3, -0.25) is 20.4 Å². The third-order valence-electron chi connectivity index (χ3n) is 1.94. The average molecular weight is 256 g/mol. The molecule has 0 aliphatic carbocycles. The topological polar surface area (TPSA) is 70.2 Å². The molecule has 2 amide bonds. The number of hydrogen-bond acceptors (Lipinski definition) is 3. The molecule has 0 bridgehead atoms.